The van der Waals surface area contributed by atoms with E-state index in [4.69, 9.17) is 19.5 Å². The quantitative estimate of drug-likeness (QED) is 0.584. The SMILES string of the molecule is CC(C)(C)OC(=O)N(CCCOc1ccc(B(O)O)cc1)C1CC1. The summed E-state index contributed by atoms with van der Waals surface area (Å²) in [5.74, 6) is 0.662. The Hall–Kier alpha value is -1.73. The minimum Gasteiger partial charge on any atom is -0.494 e. The molecule has 0 unspecified atom stereocenters. The second kappa shape index (κ2) is 7.90. The Balaban J connectivity index is 1.76. The lowest BCUT2D eigenvalue weighted by Crippen LogP contribution is -2.39. The Kier molecular flexibility index (Phi) is 6.13. The molecule has 0 aliphatic heterocycles. The van der Waals surface area contributed by atoms with E-state index in [-0.39, 0.29) is 6.09 Å². The molecule has 0 atom stereocenters. The number of amides is 1. The topological polar surface area (TPSA) is 79.2 Å². The maximum absolute atomic E-state index is 12.2. The molecule has 132 valence electrons. The lowest BCUT2D eigenvalue weighted by Gasteiger charge is -2.27. The summed E-state index contributed by atoms with van der Waals surface area (Å²) >= 11 is 0. The van der Waals surface area contributed by atoms with Gasteiger partial charge in [0.1, 0.15) is 11.4 Å². The van der Waals surface area contributed by atoms with Gasteiger partial charge < -0.3 is 24.4 Å². The smallest absolute Gasteiger partial charge is 0.488 e. The lowest BCUT2D eigenvalue weighted by atomic mass is 9.80. The van der Waals surface area contributed by atoms with Gasteiger partial charge in [-0.1, -0.05) is 12.1 Å². The van der Waals surface area contributed by atoms with Gasteiger partial charge in [0.2, 0.25) is 0 Å². The van der Waals surface area contributed by atoms with E-state index >= 15 is 0 Å². The van der Waals surface area contributed by atoms with Gasteiger partial charge in [0.25, 0.3) is 0 Å². The highest BCUT2D eigenvalue weighted by Gasteiger charge is 2.34. The lowest BCUT2D eigenvalue weighted by molar-refractivity contribution is 0.0225. The van der Waals surface area contributed by atoms with Crippen molar-refractivity contribution in [2.75, 3.05) is 13.2 Å². The predicted molar refractivity (Wildman–Crippen MR) is 92.3 cm³/mol. The van der Waals surface area contributed by atoms with Crippen molar-refractivity contribution in [3.8, 4) is 5.75 Å². The molecule has 1 aliphatic carbocycles. The van der Waals surface area contributed by atoms with Crippen molar-refractivity contribution in [2.45, 2.75) is 51.7 Å². The van der Waals surface area contributed by atoms with Crippen LogP contribution in [-0.2, 0) is 4.74 Å². The zero-order valence-electron chi connectivity index (χ0n) is 14.6. The minimum atomic E-state index is -1.47. The molecule has 6 nitrogen and oxygen atoms in total. The summed E-state index contributed by atoms with van der Waals surface area (Å²) < 4.78 is 11.1. The highest BCUT2D eigenvalue weighted by molar-refractivity contribution is 6.58. The Morgan fingerprint density at radius 3 is 2.38 bits per heavy atom. The maximum Gasteiger partial charge on any atom is 0.488 e. The second-order valence-corrected chi connectivity index (χ2v) is 7.05. The van der Waals surface area contributed by atoms with Crippen molar-refractivity contribution in [3.63, 3.8) is 0 Å². The molecule has 1 aliphatic rings. The first-order valence-corrected chi connectivity index (χ1v) is 8.35. The summed E-state index contributed by atoms with van der Waals surface area (Å²) in [6.07, 6.45) is 2.52. The number of rotatable bonds is 7. The van der Waals surface area contributed by atoms with Crippen LogP contribution in [0.25, 0.3) is 0 Å². The molecule has 2 rings (SSSR count). The van der Waals surface area contributed by atoms with Crippen molar-refractivity contribution in [3.05, 3.63) is 24.3 Å². The molecule has 1 saturated carbocycles. The van der Waals surface area contributed by atoms with Gasteiger partial charge >= 0.3 is 13.2 Å². The van der Waals surface area contributed by atoms with Crippen molar-refractivity contribution in [2.24, 2.45) is 0 Å². The third-order valence-corrected chi connectivity index (χ3v) is 3.61. The molecule has 1 aromatic rings. The monoisotopic (exact) mass is 335 g/mol. The van der Waals surface area contributed by atoms with Gasteiger partial charge in [0.05, 0.1) is 6.61 Å². The Morgan fingerprint density at radius 1 is 1.25 bits per heavy atom. The van der Waals surface area contributed by atoms with E-state index in [1.165, 1.54) is 0 Å². The molecule has 0 bridgehead atoms. The third-order valence-electron chi connectivity index (χ3n) is 3.61. The van der Waals surface area contributed by atoms with Gasteiger partial charge in [0, 0.05) is 12.6 Å². The summed E-state index contributed by atoms with van der Waals surface area (Å²) in [4.78, 5) is 14.0. The molecule has 0 heterocycles. The largest absolute Gasteiger partial charge is 0.494 e. The van der Waals surface area contributed by atoms with Crippen LogP contribution < -0.4 is 10.2 Å². The van der Waals surface area contributed by atoms with E-state index in [1.807, 2.05) is 20.8 Å². The van der Waals surface area contributed by atoms with Crippen LogP contribution in [0.15, 0.2) is 24.3 Å². The van der Waals surface area contributed by atoms with Crippen LogP contribution in [0.3, 0.4) is 0 Å². The molecular formula is C17H26BNO5. The fourth-order valence-corrected chi connectivity index (χ4v) is 2.29. The van der Waals surface area contributed by atoms with Crippen LogP contribution in [0.4, 0.5) is 4.79 Å². The van der Waals surface area contributed by atoms with E-state index in [0.29, 0.717) is 36.8 Å². The van der Waals surface area contributed by atoms with E-state index < -0.39 is 12.7 Å². The molecular weight excluding hydrogens is 309 g/mol. The molecule has 0 saturated heterocycles. The van der Waals surface area contributed by atoms with E-state index in [9.17, 15) is 4.79 Å². The fourth-order valence-electron chi connectivity index (χ4n) is 2.29. The molecule has 0 aromatic heterocycles. The molecule has 1 amide bonds. The summed E-state index contributed by atoms with van der Waals surface area (Å²) in [5, 5.41) is 18.1. The molecule has 1 aromatic carbocycles. The van der Waals surface area contributed by atoms with Gasteiger partial charge in [-0.2, -0.15) is 0 Å². The standard InChI is InChI=1S/C17H26BNO5/c1-17(2,3)24-16(20)19(14-7-8-14)11-4-12-23-15-9-5-13(6-10-15)18(21)22/h5-6,9-10,14,21-22H,4,7-8,11-12H2,1-3H3. The average molecular weight is 335 g/mol. The highest BCUT2D eigenvalue weighted by Crippen LogP contribution is 2.28. The number of hydrogen-bond acceptors (Lipinski definition) is 5. The van der Waals surface area contributed by atoms with Gasteiger partial charge in [-0.05, 0) is 57.6 Å². The average Bonchev–Trinajstić information content (AvgIpc) is 3.30. The third kappa shape index (κ3) is 6.05. The number of carbonyl (C=O) groups excluding carboxylic acids is 1. The van der Waals surface area contributed by atoms with E-state index in [0.717, 1.165) is 12.8 Å². The van der Waals surface area contributed by atoms with Crippen LogP contribution >= 0.6 is 0 Å². The number of nitrogens with zero attached hydrogens (tertiary/aromatic N) is 1. The minimum absolute atomic E-state index is 0.258. The number of ether oxygens (including phenoxy) is 2. The van der Waals surface area contributed by atoms with Gasteiger partial charge in [-0.3, -0.25) is 0 Å². The molecule has 2 N–H and O–H groups in total. The van der Waals surface area contributed by atoms with Crippen molar-refractivity contribution in [1.82, 2.24) is 4.90 Å². The first-order chi connectivity index (χ1) is 11.3. The van der Waals surface area contributed by atoms with Crippen LogP contribution in [-0.4, -0.2) is 53.0 Å². The van der Waals surface area contributed by atoms with Crippen LogP contribution in [0.5, 0.6) is 5.75 Å². The Bertz CT molecular complexity index is 537. The second-order valence-electron chi connectivity index (χ2n) is 7.05. The van der Waals surface area contributed by atoms with E-state index in [1.54, 1.807) is 29.2 Å². The zero-order chi connectivity index (χ0) is 17.7. The van der Waals surface area contributed by atoms with E-state index in [2.05, 4.69) is 0 Å². The van der Waals surface area contributed by atoms with Gasteiger partial charge in [-0.25, -0.2) is 4.79 Å². The predicted octanol–water partition coefficient (Wildman–Crippen LogP) is 1.53. The normalized spacial score (nSPS) is 14.2. The van der Waals surface area contributed by atoms with Crippen LogP contribution in [0.1, 0.15) is 40.0 Å². The van der Waals surface area contributed by atoms with Crippen molar-refractivity contribution >= 4 is 18.7 Å². The molecule has 7 heteroatoms. The molecule has 1 fully saturated rings. The van der Waals surface area contributed by atoms with Crippen molar-refractivity contribution < 1.29 is 24.3 Å². The zero-order valence-corrected chi connectivity index (χ0v) is 14.6. The molecule has 0 radical (unpaired) electrons. The summed E-state index contributed by atoms with van der Waals surface area (Å²) in [6, 6.07) is 6.90. The maximum atomic E-state index is 12.2. The van der Waals surface area contributed by atoms with Crippen molar-refractivity contribution in [1.29, 1.82) is 0 Å². The summed E-state index contributed by atoms with van der Waals surface area (Å²) in [6.45, 7) is 6.68. The molecule has 0 spiro atoms. The summed E-state index contributed by atoms with van der Waals surface area (Å²) in [5.41, 5.74) is -0.0630. The van der Waals surface area contributed by atoms with Gasteiger partial charge in [0.15, 0.2) is 0 Å². The Labute approximate surface area is 143 Å². The summed E-state index contributed by atoms with van der Waals surface area (Å²) in [7, 11) is -1.47. The fraction of sp³-hybridized carbons (Fsp3) is 0.588. The number of hydrogen-bond donors (Lipinski definition) is 2. The molecule has 24 heavy (non-hydrogen) atoms. The first-order valence-electron chi connectivity index (χ1n) is 8.35. The Morgan fingerprint density at radius 2 is 1.88 bits per heavy atom. The first kappa shape index (κ1) is 18.6. The van der Waals surface area contributed by atoms with Crippen LogP contribution in [0.2, 0.25) is 0 Å². The van der Waals surface area contributed by atoms with Crippen LogP contribution in [0, 0.1) is 0 Å². The number of carbonyl (C=O) groups is 1. The highest BCUT2D eigenvalue weighted by atomic mass is 16.6. The number of benzene rings is 1. The van der Waals surface area contributed by atoms with Gasteiger partial charge in [-0.15, -0.1) is 0 Å².